The number of alkyl halides is 1. The summed E-state index contributed by atoms with van der Waals surface area (Å²) in [7, 11) is 0. The Morgan fingerprint density at radius 3 is 1.40 bits per heavy atom. The van der Waals surface area contributed by atoms with Gasteiger partial charge in [-0.05, 0) is 187 Å². The normalized spacial score (nSPS) is 18.9. The minimum Gasteiger partial charge on any atom is -0.506 e. The van der Waals surface area contributed by atoms with E-state index in [-0.39, 0.29) is 96.3 Å². The van der Waals surface area contributed by atoms with E-state index >= 15 is 13.2 Å². The minimum atomic E-state index is -1.68. The van der Waals surface area contributed by atoms with Gasteiger partial charge in [0.05, 0.1) is 82.2 Å². The summed E-state index contributed by atoms with van der Waals surface area (Å²) in [6.07, 6.45) is 9.43. The number of aromatic hydroxyl groups is 1. The average molecular weight is 1730 g/mol. The molecule has 4 fully saturated rings. The number of phenolic OH excluding ortho intramolecular Hbond substituents is 1. The van der Waals surface area contributed by atoms with E-state index in [4.69, 9.17) is 15.7 Å². The van der Waals surface area contributed by atoms with Gasteiger partial charge in [-0.25, -0.2) is 27.6 Å². The molecule has 26 nitrogen and oxygen atoms in total. The summed E-state index contributed by atoms with van der Waals surface area (Å²) < 4.78 is 51.2. The van der Waals surface area contributed by atoms with Crippen molar-refractivity contribution < 1.29 is 32.7 Å². The van der Waals surface area contributed by atoms with Gasteiger partial charge in [0.15, 0.2) is 6.30 Å². The second kappa shape index (κ2) is 36.6. The van der Waals surface area contributed by atoms with Crippen LogP contribution in [0.3, 0.4) is 0 Å². The fourth-order valence-electron chi connectivity index (χ4n) is 19.8. The van der Waals surface area contributed by atoms with Crippen LogP contribution in [0.15, 0.2) is 161 Å². The Bertz CT molecular complexity index is 6160. The van der Waals surface area contributed by atoms with E-state index in [0.717, 1.165) is 80.8 Å². The third-order valence-corrected chi connectivity index (χ3v) is 26.2. The molecular weight excluding hydrogens is 1610 g/mol. The van der Waals surface area contributed by atoms with Gasteiger partial charge in [-0.1, -0.05) is 104 Å². The first-order chi connectivity index (χ1) is 60.8. The molecule has 4 aromatic carbocycles. The highest BCUT2D eigenvalue weighted by Gasteiger charge is 2.43. The molecule has 29 heteroatoms. The third kappa shape index (κ3) is 16.9. The number of phenols is 1. The molecule has 664 valence electrons. The predicted octanol–water partition coefficient (Wildman–Crippen LogP) is 13.8. The Morgan fingerprint density at radius 1 is 0.496 bits per heavy atom. The number of benzene rings is 4. The topological polar surface area (TPSA) is 270 Å². The molecule has 0 aliphatic carbocycles. The Kier molecular flexibility index (Phi) is 25.6. The van der Waals surface area contributed by atoms with Crippen LogP contribution in [0.4, 0.5) is 53.4 Å². The zero-order valence-corrected chi connectivity index (χ0v) is 74.9. The number of anilines is 7. The summed E-state index contributed by atoms with van der Waals surface area (Å²) in [6, 6.07) is 27.0. The van der Waals surface area contributed by atoms with Crippen molar-refractivity contribution in [3.63, 3.8) is 0 Å². The smallest absolute Gasteiger partial charge is 0.354 e. The number of nitrogen functional groups attached to an aromatic ring is 1. The molecule has 6 aromatic heterocycles. The van der Waals surface area contributed by atoms with E-state index in [0.29, 0.717) is 142 Å². The predicted molar refractivity (Wildman–Crippen MR) is 494 cm³/mol. The number of hydrogen-bond acceptors (Lipinski definition) is 20. The first kappa shape index (κ1) is 88.9. The van der Waals surface area contributed by atoms with E-state index in [9.17, 15) is 33.9 Å². The number of piperidine rings is 1. The van der Waals surface area contributed by atoms with Gasteiger partial charge in [0.1, 0.15) is 40.5 Å². The highest BCUT2D eigenvalue weighted by molar-refractivity contribution is 5.97. The maximum absolute atomic E-state index is 16.1. The molecule has 10 aromatic rings. The highest BCUT2D eigenvalue weighted by Crippen LogP contribution is 2.44. The molecule has 17 rings (SSSR count). The van der Waals surface area contributed by atoms with Crippen LogP contribution in [0.25, 0.3) is 27.8 Å². The van der Waals surface area contributed by atoms with Crippen LogP contribution in [0.2, 0.25) is 0 Å². The lowest BCUT2D eigenvalue weighted by Gasteiger charge is -2.43. The van der Waals surface area contributed by atoms with Gasteiger partial charge in [0.2, 0.25) is 17.7 Å². The number of rotatable bonds is 15. The molecule has 0 bridgehead atoms. The van der Waals surface area contributed by atoms with Crippen molar-refractivity contribution in [2.75, 3.05) is 101 Å². The molecule has 4 saturated heterocycles. The number of halogens is 3. The lowest BCUT2D eigenvalue weighted by atomic mass is 9.94. The van der Waals surface area contributed by atoms with Crippen LogP contribution < -0.4 is 52.2 Å². The van der Waals surface area contributed by atoms with Crippen molar-refractivity contribution in [1.82, 2.24) is 58.3 Å². The van der Waals surface area contributed by atoms with Gasteiger partial charge in [-0.15, -0.1) is 0 Å². The van der Waals surface area contributed by atoms with Crippen molar-refractivity contribution in [2.45, 2.75) is 196 Å². The lowest BCUT2D eigenvalue weighted by Crippen LogP contribution is -2.54. The van der Waals surface area contributed by atoms with Crippen LogP contribution in [-0.4, -0.2) is 177 Å². The third-order valence-electron chi connectivity index (χ3n) is 26.2. The molecule has 13 heterocycles. The summed E-state index contributed by atoms with van der Waals surface area (Å²) in [4.78, 5) is 125. The number of piperazine rings is 2. The summed E-state index contributed by atoms with van der Waals surface area (Å²) >= 11 is 0. The number of carbonyl (C=O) groups excluding carboxylic acids is 3. The number of hydrogen-bond donors (Lipinski definition) is 2. The molecule has 7 aliphatic rings. The van der Waals surface area contributed by atoms with Gasteiger partial charge in [0.25, 0.3) is 0 Å². The highest BCUT2D eigenvalue weighted by atomic mass is 19.1. The average Bonchev–Trinajstić information content (AvgIpc) is 0.962. The summed E-state index contributed by atoms with van der Waals surface area (Å²) in [5, 5.41) is 13.0. The number of pyridine rings is 3. The second-order valence-electron chi connectivity index (χ2n) is 35.5. The number of fused-ring (bicyclic) bond motifs is 4. The molecule has 0 saturated carbocycles. The van der Waals surface area contributed by atoms with Crippen molar-refractivity contribution in [1.29, 1.82) is 0 Å². The molecule has 3 N–H and O–H groups in total. The number of aryl methyl sites for hydroxylation is 4. The Balaban J connectivity index is 0.000000147. The number of nitrogens with two attached hydrogens (primary N) is 1. The first-order valence-electron chi connectivity index (χ1n) is 44.1. The first-order valence-corrected chi connectivity index (χ1v) is 44.1. The lowest BCUT2D eigenvalue weighted by molar-refractivity contribution is -0.127. The number of para-hydroxylation sites is 2. The maximum Gasteiger partial charge on any atom is 0.354 e. The van der Waals surface area contributed by atoms with Gasteiger partial charge < -0.3 is 54.9 Å². The van der Waals surface area contributed by atoms with Crippen molar-refractivity contribution in [3.05, 3.63) is 263 Å². The summed E-state index contributed by atoms with van der Waals surface area (Å²) in [5.41, 5.74) is 20.5. The zero-order valence-electron chi connectivity index (χ0n) is 74.9. The maximum atomic E-state index is 16.1. The van der Waals surface area contributed by atoms with Crippen LogP contribution in [0, 0.1) is 39.3 Å². The number of aromatic nitrogens is 9. The molecular formula is C98H114F3N19O7. The molecule has 127 heavy (non-hydrogen) atoms. The molecule has 0 radical (unpaired) electrons. The van der Waals surface area contributed by atoms with Crippen LogP contribution in [0.5, 0.6) is 5.75 Å². The monoisotopic (exact) mass is 1730 g/mol. The molecule has 7 aliphatic heterocycles. The molecule has 5 atom stereocenters. The quantitative estimate of drug-likeness (QED) is 0.0548. The zero-order chi connectivity index (χ0) is 90.6. The van der Waals surface area contributed by atoms with Crippen molar-refractivity contribution in [2.24, 2.45) is 0 Å². The number of likely N-dealkylation sites (tertiary alicyclic amines) is 1. The van der Waals surface area contributed by atoms with Crippen LogP contribution >= 0.6 is 0 Å². The molecule has 2 unspecified atom stereocenters. The Labute approximate surface area is 738 Å². The van der Waals surface area contributed by atoms with Crippen molar-refractivity contribution in [3.8, 4) is 22.8 Å². The Hall–Kier alpha value is -13.0. The number of carbonyl (C=O) groups is 3. The van der Waals surface area contributed by atoms with Gasteiger partial charge >= 0.3 is 17.1 Å². The largest absolute Gasteiger partial charge is 0.506 e. The summed E-state index contributed by atoms with van der Waals surface area (Å²) in [6.45, 7) is 44.1. The van der Waals surface area contributed by atoms with E-state index in [1.807, 2.05) is 111 Å². The standard InChI is InChI=1S/C35H40N6O2.C33H38F2N6O3.C30H36FN7O2/c1-7-30(42)39-18-19-40(25(6)20-39)34-27-15-17-38(28-13-9-12-26-11-8-10-23(4)31(26)28)21-29(27)41(35(43)37-34)33-24(5)14-16-36-32(33)22(2)3;1-18(2)28-29(19(3)9-12-36-28)41-25-17-40(30-24(34)7-6-8-26(30)42)27(35)16-23(25)31(37-33(41)44)38-14-11-22(15-21(38)5)39-13-10-20(4)32(39)43;1-6-25(39)35-14-15-37(20(5)16-35)29-21-11-13-36(28-22(31)8-7-9-23(28)32)17-24(21)38(30(40)34-29)27-19(4)10-12-33-26(27)18(2)3/h7-14,16,22,25H,1,15,17-21H2,2-6H3;6-9,12,18,21-22,27,42H,4,10-11,13-17H2,1-3,5H3;6-10,12,18,20H,1,11,13-17,32H2,2-5H3/t25-;21-,22?,27?;20-/m000/s1. The minimum absolute atomic E-state index is 0.00157. The molecule has 3 amide bonds. The fraction of sp³-hybridized carbons (Fsp3) is 0.408. The van der Waals surface area contributed by atoms with E-state index in [1.54, 1.807) is 34.0 Å². The number of amides is 3. The van der Waals surface area contributed by atoms with E-state index < -0.39 is 29.3 Å². The van der Waals surface area contributed by atoms with Gasteiger partial charge in [-0.3, -0.25) is 43.0 Å². The van der Waals surface area contributed by atoms with Gasteiger partial charge in [0, 0.05) is 148 Å². The Morgan fingerprint density at radius 2 is 0.945 bits per heavy atom. The van der Waals surface area contributed by atoms with Gasteiger partial charge in [-0.2, -0.15) is 15.0 Å². The van der Waals surface area contributed by atoms with Crippen LogP contribution in [-0.2, 0) is 53.3 Å². The second-order valence-corrected chi connectivity index (χ2v) is 35.5. The van der Waals surface area contributed by atoms with Crippen molar-refractivity contribution >= 4 is 68.7 Å². The SMILES string of the molecule is C=C1CCN(C2CCN(c3nc(=O)n(-c4c(C)ccnc4C(C)C)c4c3CC(F)N(c3c(O)cccc3F)C4)[C@@H](C)C2)C1=O.C=CC(=O)N1CCN(c2nc(=O)n(-c3c(C)ccnc3C(C)C)c3c2CCN(c2c(N)cccc2F)C3)[C@@H](C)C1.C=CC(=O)N1CCN(c2nc(=O)n(-c3c(C)ccnc3C(C)C)c3c2CCN(c2cccc4cccc(C)c24)C3)[C@@H](C)C1. The van der Waals surface area contributed by atoms with Crippen LogP contribution in [0.1, 0.15) is 172 Å². The van der Waals surface area contributed by atoms with E-state index in [1.165, 1.54) is 67.9 Å². The number of nitrogens with zero attached hydrogens (tertiary/aromatic N) is 18. The summed E-state index contributed by atoms with van der Waals surface area (Å²) in [5.74, 6) is 0.249. The molecule has 0 spiro atoms. The van der Waals surface area contributed by atoms with E-state index in [2.05, 4.69) is 118 Å². The fourth-order valence-corrected chi connectivity index (χ4v) is 19.8.